The molecule has 0 N–H and O–H groups in total. The number of Topliss-reactive ketones (excluding diaryl/α,β-unsaturated/α-hetero) is 1. The summed E-state index contributed by atoms with van der Waals surface area (Å²) in [6.45, 7) is 0. The number of aromatic nitrogens is 1. The molecule has 0 spiro atoms. The molecule has 0 aliphatic rings. The fraction of sp³-hybridized carbons (Fsp3) is 0.200. The predicted molar refractivity (Wildman–Crippen MR) is 73.0 cm³/mol. The molecule has 1 heterocycles. The van der Waals surface area contributed by atoms with Crippen LogP contribution in [0.15, 0.2) is 48.8 Å². The smallest absolute Gasteiger partial charge is 0.167 e. The van der Waals surface area contributed by atoms with Gasteiger partial charge >= 0.3 is 0 Å². The van der Waals surface area contributed by atoms with Crippen LogP contribution < -0.4 is 4.90 Å². The number of rotatable bonds is 4. The molecule has 92 valence electrons. The van der Waals surface area contributed by atoms with Gasteiger partial charge in [-0.2, -0.15) is 0 Å². The first-order valence-electron chi connectivity index (χ1n) is 5.86. The summed E-state index contributed by atoms with van der Waals surface area (Å²) in [6, 6.07) is 11.5. The van der Waals surface area contributed by atoms with Crippen LogP contribution in [0.5, 0.6) is 0 Å². The molecule has 0 atom stereocenters. The van der Waals surface area contributed by atoms with Crippen molar-refractivity contribution in [2.75, 3.05) is 19.0 Å². The van der Waals surface area contributed by atoms with Crippen LogP contribution in [0, 0.1) is 0 Å². The van der Waals surface area contributed by atoms with Crippen LogP contribution in [0.25, 0.3) is 0 Å². The zero-order valence-corrected chi connectivity index (χ0v) is 10.6. The summed E-state index contributed by atoms with van der Waals surface area (Å²) in [5, 5.41) is 0. The Morgan fingerprint density at radius 3 is 2.22 bits per heavy atom. The molecule has 2 aromatic rings. The molecule has 0 aliphatic heterocycles. The van der Waals surface area contributed by atoms with Crippen molar-refractivity contribution in [2.24, 2.45) is 0 Å². The van der Waals surface area contributed by atoms with E-state index < -0.39 is 0 Å². The number of carbonyl (C=O) groups excluding carboxylic acids is 1. The number of hydrogen-bond acceptors (Lipinski definition) is 3. The van der Waals surface area contributed by atoms with Gasteiger partial charge in [-0.05, 0) is 29.8 Å². The molecule has 0 aliphatic carbocycles. The van der Waals surface area contributed by atoms with Gasteiger partial charge in [0.1, 0.15) is 0 Å². The van der Waals surface area contributed by atoms with Gasteiger partial charge in [0.2, 0.25) is 0 Å². The average Bonchev–Trinajstić information content (AvgIpc) is 2.40. The summed E-state index contributed by atoms with van der Waals surface area (Å²) in [4.78, 5) is 17.9. The summed E-state index contributed by atoms with van der Waals surface area (Å²) in [7, 11) is 3.99. The van der Waals surface area contributed by atoms with E-state index in [0.29, 0.717) is 12.0 Å². The molecule has 0 radical (unpaired) electrons. The molecular weight excluding hydrogens is 224 g/mol. The Balaban J connectivity index is 2.08. The Hall–Kier alpha value is -2.16. The quantitative estimate of drug-likeness (QED) is 0.770. The number of nitrogens with zero attached hydrogens (tertiary/aromatic N) is 2. The molecule has 0 saturated heterocycles. The summed E-state index contributed by atoms with van der Waals surface area (Å²) in [5.41, 5.74) is 2.87. The topological polar surface area (TPSA) is 33.2 Å². The normalized spacial score (nSPS) is 10.1. The summed E-state index contributed by atoms with van der Waals surface area (Å²) >= 11 is 0. The van der Waals surface area contributed by atoms with Crippen molar-refractivity contribution in [3.05, 3.63) is 59.9 Å². The number of carbonyl (C=O) groups is 1. The lowest BCUT2D eigenvalue weighted by Crippen LogP contribution is -2.09. The highest BCUT2D eigenvalue weighted by atomic mass is 16.1. The van der Waals surface area contributed by atoms with Gasteiger partial charge < -0.3 is 4.90 Å². The first kappa shape index (κ1) is 12.3. The SMILES string of the molecule is CN(C)c1ccc(CC(=O)c2ccncc2)cc1. The van der Waals surface area contributed by atoms with E-state index in [2.05, 4.69) is 4.98 Å². The second-order valence-electron chi connectivity index (χ2n) is 4.40. The van der Waals surface area contributed by atoms with Crippen LogP contribution in [0.2, 0.25) is 0 Å². The van der Waals surface area contributed by atoms with E-state index >= 15 is 0 Å². The third kappa shape index (κ3) is 2.94. The van der Waals surface area contributed by atoms with Crippen LogP contribution in [0.4, 0.5) is 5.69 Å². The van der Waals surface area contributed by atoms with Crippen molar-refractivity contribution < 1.29 is 4.79 Å². The molecule has 3 nitrogen and oxygen atoms in total. The maximum Gasteiger partial charge on any atom is 0.167 e. The van der Waals surface area contributed by atoms with Crippen molar-refractivity contribution in [3.8, 4) is 0 Å². The van der Waals surface area contributed by atoms with Gasteiger partial charge in [0.15, 0.2) is 5.78 Å². The highest BCUT2D eigenvalue weighted by Crippen LogP contribution is 2.14. The predicted octanol–water partition coefficient (Wildman–Crippen LogP) is 2.57. The highest BCUT2D eigenvalue weighted by molar-refractivity contribution is 5.97. The van der Waals surface area contributed by atoms with Crippen LogP contribution in [0.1, 0.15) is 15.9 Å². The molecule has 0 bridgehead atoms. The van der Waals surface area contributed by atoms with Crippen LogP contribution in [-0.4, -0.2) is 24.9 Å². The largest absolute Gasteiger partial charge is 0.378 e. The fourth-order valence-electron chi connectivity index (χ4n) is 1.74. The molecule has 18 heavy (non-hydrogen) atoms. The van der Waals surface area contributed by atoms with Crippen LogP contribution in [0.3, 0.4) is 0 Å². The maximum absolute atomic E-state index is 12.0. The zero-order chi connectivity index (χ0) is 13.0. The van der Waals surface area contributed by atoms with Gasteiger partial charge in [0.05, 0.1) is 0 Å². The monoisotopic (exact) mass is 240 g/mol. The molecule has 1 aromatic heterocycles. The van der Waals surface area contributed by atoms with Crippen molar-refractivity contribution >= 4 is 11.5 Å². The Bertz CT molecular complexity index is 518. The number of pyridine rings is 1. The second-order valence-corrected chi connectivity index (χ2v) is 4.40. The fourth-order valence-corrected chi connectivity index (χ4v) is 1.74. The minimum atomic E-state index is 0.120. The van der Waals surface area contributed by atoms with E-state index in [1.807, 2.05) is 43.3 Å². The second kappa shape index (κ2) is 5.45. The van der Waals surface area contributed by atoms with E-state index in [1.165, 1.54) is 0 Å². The first-order valence-corrected chi connectivity index (χ1v) is 5.86. The lowest BCUT2D eigenvalue weighted by molar-refractivity contribution is 0.0993. The van der Waals surface area contributed by atoms with Crippen molar-refractivity contribution in [1.29, 1.82) is 0 Å². The van der Waals surface area contributed by atoms with Crippen molar-refractivity contribution in [2.45, 2.75) is 6.42 Å². The van der Waals surface area contributed by atoms with Gasteiger partial charge in [0.25, 0.3) is 0 Å². The minimum absolute atomic E-state index is 0.120. The number of hydrogen-bond donors (Lipinski definition) is 0. The van der Waals surface area contributed by atoms with Gasteiger partial charge in [-0.15, -0.1) is 0 Å². The van der Waals surface area contributed by atoms with Crippen LogP contribution in [-0.2, 0) is 6.42 Å². The molecular formula is C15H16N2O. The first-order chi connectivity index (χ1) is 8.66. The molecule has 3 heteroatoms. The Morgan fingerprint density at radius 1 is 1.06 bits per heavy atom. The van der Waals surface area contributed by atoms with E-state index in [9.17, 15) is 4.79 Å². The Kier molecular flexibility index (Phi) is 3.72. The standard InChI is InChI=1S/C15H16N2O/c1-17(2)14-5-3-12(4-6-14)11-15(18)13-7-9-16-10-8-13/h3-10H,11H2,1-2H3. The van der Waals surface area contributed by atoms with E-state index in [-0.39, 0.29) is 5.78 Å². The molecule has 2 rings (SSSR count). The number of benzene rings is 1. The maximum atomic E-state index is 12.0. The van der Waals surface area contributed by atoms with Gasteiger partial charge in [-0.1, -0.05) is 12.1 Å². The van der Waals surface area contributed by atoms with Gasteiger partial charge in [-0.25, -0.2) is 0 Å². The summed E-state index contributed by atoms with van der Waals surface area (Å²) < 4.78 is 0. The third-order valence-electron chi connectivity index (χ3n) is 2.82. The average molecular weight is 240 g/mol. The summed E-state index contributed by atoms with van der Waals surface area (Å²) in [5.74, 6) is 0.120. The number of anilines is 1. The zero-order valence-electron chi connectivity index (χ0n) is 10.6. The molecule has 0 amide bonds. The van der Waals surface area contributed by atoms with Gasteiger partial charge in [0, 0.05) is 44.2 Å². The molecule has 0 fully saturated rings. The lowest BCUT2D eigenvalue weighted by atomic mass is 10.0. The number of ketones is 1. The Labute approximate surface area is 107 Å². The van der Waals surface area contributed by atoms with Crippen LogP contribution >= 0.6 is 0 Å². The van der Waals surface area contributed by atoms with Crippen molar-refractivity contribution in [3.63, 3.8) is 0 Å². The third-order valence-corrected chi connectivity index (χ3v) is 2.82. The van der Waals surface area contributed by atoms with E-state index in [0.717, 1.165) is 11.3 Å². The summed E-state index contributed by atoms with van der Waals surface area (Å²) in [6.07, 6.45) is 3.71. The Morgan fingerprint density at radius 2 is 1.67 bits per heavy atom. The minimum Gasteiger partial charge on any atom is -0.378 e. The molecule has 1 aromatic carbocycles. The van der Waals surface area contributed by atoms with E-state index in [1.54, 1.807) is 24.5 Å². The molecule has 0 saturated carbocycles. The lowest BCUT2D eigenvalue weighted by Gasteiger charge is -2.12. The van der Waals surface area contributed by atoms with Crippen molar-refractivity contribution in [1.82, 2.24) is 4.98 Å². The van der Waals surface area contributed by atoms with Gasteiger partial charge in [-0.3, -0.25) is 9.78 Å². The van der Waals surface area contributed by atoms with E-state index in [4.69, 9.17) is 0 Å². The molecule has 0 unspecified atom stereocenters. The highest BCUT2D eigenvalue weighted by Gasteiger charge is 2.06.